The molecule has 0 amide bonds. The lowest BCUT2D eigenvalue weighted by Crippen LogP contribution is -2.41. The van der Waals surface area contributed by atoms with Crippen molar-refractivity contribution in [2.45, 2.75) is 58.9 Å². The Kier molecular flexibility index (Phi) is 5.78. The largest absolute Gasteiger partial charge is 0.345 e. The van der Waals surface area contributed by atoms with E-state index < -0.39 is 10.2 Å². The maximum Gasteiger partial charge on any atom is 0.279 e. The normalized spacial score (nSPS) is 15.4. The van der Waals surface area contributed by atoms with Crippen molar-refractivity contribution in [3.05, 3.63) is 17.2 Å². The fourth-order valence-corrected chi connectivity index (χ4v) is 4.05. The van der Waals surface area contributed by atoms with Crippen LogP contribution in [0.5, 0.6) is 0 Å². The van der Waals surface area contributed by atoms with E-state index in [0.717, 1.165) is 37.2 Å². The van der Waals surface area contributed by atoms with Crippen LogP contribution in [-0.4, -0.2) is 35.8 Å². The summed E-state index contributed by atoms with van der Waals surface area (Å²) in [5.74, 6) is 0.721. The smallest absolute Gasteiger partial charge is 0.279 e. The van der Waals surface area contributed by atoms with Crippen LogP contribution in [0.3, 0.4) is 0 Å². The van der Waals surface area contributed by atoms with Gasteiger partial charge in [-0.3, -0.25) is 0 Å². The number of rotatable bonds is 8. The molecule has 0 atom stereocenters. The van der Waals surface area contributed by atoms with E-state index in [1.165, 1.54) is 22.8 Å². The third kappa shape index (κ3) is 4.28. The molecule has 21 heavy (non-hydrogen) atoms. The van der Waals surface area contributed by atoms with Crippen LogP contribution in [0.25, 0.3) is 0 Å². The maximum absolute atomic E-state index is 12.3. The zero-order valence-electron chi connectivity index (χ0n) is 13.0. The summed E-state index contributed by atoms with van der Waals surface area (Å²) in [7, 11) is -3.42. The summed E-state index contributed by atoms with van der Waals surface area (Å²) < 4.78 is 28.8. The quantitative estimate of drug-likeness (QED) is 0.767. The van der Waals surface area contributed by atoms with Gasteiger partial charge in [0.25, 0.3) is 10.2 Å². The van der Waals surface area contributed by atoms with Crippen molar-refractivity contribution < 1.29 is 8.42 Å². The van der Waals surface area contributed by atoms with Gasteiger partial charge in [-0.05, 0) is 38.5 Å². The van der Waals surface area contributed by atoms with Crippen LogP contribution in [0.1, 0.15) is 56.7 Å². The van der Waals surface area contributed by atoms with Gasteiger partial charge in [0.1, 0.15) is 5.82 Å². The molecule has 0 fully saturated rings. The van der Waals surface area contributed by atoms with E-state index in [1.807, 2.05) is 13.8 Å². The topological polar surface area (TPSA) is 78.1 Å². The van der Waals surface area contributed by atoms with Crippen LogP contribution in [-0.2, 0) is 29.6 Å². The Morgan fingerprint density at radius 2 is 1.86 bits per heavy atom. The zero-order chi connectivity index (χ0) is 15.3. The van der Waals surface area contributed by atoms with Crippen molar-refractivity contribution in [2.24, 2.45) is 0 Å². The lowest BCUT2D eigenvalue weighted by atomic mass is 10.0. The van der Waals surface area contributed by atoms with Gasteiger partial charge >= 0.3 is 0 Å². The van der Waals surface area contributed by atoms with E-state index >= 15 is 0 Å². The molecule has 2 rings (SSSR count). The highest BCUT2D eigenvalue weighted by atomic mass is 32.2. The highest BCUT2D eigenvalue weighted by molar-refractivity contribution is 7.87. The molecular formula is C14H26N4O2S. The summed E-state index contributed by atoms with van der Waals surface area (Å²) >= 11 is 0. The molecule has 7 heteroatoms. The second-order valence-corrected chi connectivity index (χ2v) is 7.30. The van der Waals surface area contributed by atoms with Gasteiger partial charge in [-0.15, -0.1) is 0 Å². The molecule has 1 aromatic rings. The summed E-state index contributed by atoms with van der Waals surface area (Å²) in [6, 6.07) is 0. The predicted octanol–water partition coefficient (Wildman–Crippen LogP) is 1.74. The van der Waals surface area contributed by atoms with E-state index in [-0.39, 0.29) is 6.54 Å². The van der Waals surface area contributed by atoms with Gasteiger partial charge in [0.15, 0.2) is 0 Å². The van der Waals surface area contributed by atoms with Crippen molar-refractivity contribution in [2.75, 3.05) is 13.1 Å². The molecule has 6 nitrogen and oxygen atoms in total. The molecule has 0 unspecified atom stereocenters. The van der Waals surface area contributed by atoms with E-state index in [0.29, 0.717) is 13.1 Å². The number of aromatic amines is 1. The second-order valence-electron chi connectivity index (χ2n) is 5.54. The Bertz CT molecular complexity index is 524. The monoisotopic (exact) mass is 314 g/mol. The molecule has 0 radical (unpaired) electrons. The zero-order valence-corrected chi connectivity index (χ0v) is 13.8. The van der Waals surface area contributed by atoms with Crippen LogP contribution in [0.4, 0.5) is 0 Å². The molecular weight excluding hydrogens is 288 g/mol. The van der Waals surface area contributed by atoms with Gasteiger partial charge in [0, 0.05) is 18.8 Å². The Morgan fingerprint density at radius 1 is 1.19 bits per heavy atom. The Hall–Kier alpha value is -0.920. The minimum absolute atomic E-state index is 0.235. The van der Waals surface area contributed by atoms with Crippen LogP contribution >= 0.6 is 0 Å². The fraction of sp³-hybridized carbons (Fsp3) is 0.786. The van der Waals surface area contributed by atoms with Gasteiger partial charge in [0.05, 0.1) is 12.2 Å². The molecule has 1 aliphatic rings. The van der Waals surface area contributed by atoms with Gasteiger partial charge in [-0.25, -0.2) is 4.98 Å². The van der Waals surface area contributed by atoms with Crippen LogP contribution in [0.15, 0.2) is 0 Å². The van der Waals surface area contributed by atoms with Crippen LogP contribution in [0.2, 0.25) is 0 Å². The second kappa shape index (κ2) is 7.38. The summed E-state index contributed by atoms with van der Waals surface area (Å²) in [6.07, 6.45) is 6.00. The third-order valence-electron chi connectivity index (χ3n) is 3.71. The summed E-state index contributed by atoms with van der Waals surface area (Å²) in [5, 5.41) is 0. The Balaban J connectivity index is 1.98. The number of aromatic nitrogens is 2. The number of aryl methyl sites for hydroxylation is 2. The highest BCUT2D eigenvalue weighted by Crippen LogP contribution is 2.18. The van der Waals surface area contributed by atoms with Crippen molar-refractivity contribution >= 4 is 10.2 Å². The van der Waals surface area contributed by atoms with E-state index in [4.69, 9.17) is 0 Å². The van der Waals surface area contributed by atoms with Gasteiger partial charge in [0.2, 0.25) is 0 Å². The van der Waals surface area contributed by atoms with E-state index in [1.54, 1.807) is 0 Å². The molecule has 1 aliphatic carbocycles. The molecule has 1 aromatic heterocycles. The van der Waals surface area contributed by atoms with Gasteiger partial charge < -0.3 is 4.98 Å². The lowest BCUT2D eigenvalue weighted by Gasteiger charge is -2.20. The number of nitrogens with zero attached hydrogens (tertiary/aromatic N) is 2. The van der Waals surface area contributed by atoms with Gasteiger partial charge in [-0.1, -0.05) is 13.8 Å². The van der Waals surface area contributed by atoms with E-state index in [2.05, 4.69) is 14.7 Å². The first kappa shape index (κ1) is 16.5. The minimum Gasteiger partial charge on any atom is -0.345 e. The maximum atomic E-state index is 12.3. The van der Waals surface area contributed by atoms with Crippen LogP contribution < -0.4 is 4.72 Å². The van der Waals surface area contributed by atoms with Crippen LogP contribution in [0, 0.1) is 0 Å². The number of imidazole rings is 1. The SMILES string of the molecule is CCCN(CCC)S(=O)(=O)NCc1nc2c([nH]1)CCCC2. The first-order chi connectivity index (χ1) is 10.1. The summed E-state index contributed by atoms with van der Waals surface area (Å²) in [4.78, 5) is 7.76. The Morgan fingerprint density at radius 3 is 2.48 bits per heavy atom. The molecule has 0 bridgehead atoms. The number of hydrogen-bond acceptors (Lipinski definition) is 3. The Labute approximate surface area is 127 Å². The highest BCUT2D eigenvalue weighted by Gasteiger charge is 2.21. The molecule has 0 spiro atoms. The first-order valence-electron chi connectivity index (χ1n) is 7.88. The van der Waals surface area contributed by atoms with Crippen molar-refractivity contribution in [1.82, 2.24) is 19.0 Å². The lowest BCUT2D eigenvalue weighted by molar-refractivity contribution is 0.401. The average molecular weight is 314 g/mol. The number of nitrogens with one attached hydrogen (secondary N) is 2. The van der Waals surface area contributed by atoms with Crippen molar-refractivity contribution in [1.29, 1.82) is 0 Å². The standard InChI is InChI=1S/C14H26N4O2S/c1-3-9-18(10-4-2)21(19,20)15-11-14-16-12-7-5-6-8-13(12)17-14/h15H,3-11H2,1-2H3,(H,16,17). The van der Waals surface area contributed by atoms with Crippen molar-refractivity contribution in [3.63, 3.8) is 0 Å². The summed E-state index contributed by atoms with van der Waals surface area (Å²) in [5.41, 5.74) is 2.28. The molecule has 0 saturated carbocycles. The molecule has 0 saturated heterocycles. The average Bonchev–Trinajstić information content (AvgIpc) is 2.88. The molecule has 0 aromatic carbocycles. The van der Waals surface area contributed by atoms with Gasteiger partial charge in [-0.2, -0.15) is 17.4 Å². The number of fused-ring (bicyclic) bond motifs is 1. The molecule has 2 N–H and O–H groups in total. The van der Waals surface area contributed by atoms with E-state index in [9.17, 15) is 8.42 Å². The first-order valence-corrected chi connectivity index (χ1v) is 9.32. The number of H-pyrrole nitrogens is 1. The minimum atomic E-state index is -3.42. The molecule has 0 aliphatic heterocycles. The molecule has 1 heterocycles. The predicted molar refractivity (Wildman–Crippen MR) is 83.1 cm³/mol. The third-order valence-corrected chi connectivity index (χ3v) is 5.27. The fourth-order valence-electron chi connectivity index (χ4n) is 2.70. The summed E-state index contributed by atoms with van der Waals surface area (Å²) in [6.45, 7) is 5.31. The van der Waals surface area contributed by atoms with Crippen molar-refractivity contribution in [3.8, 4) is 0 Å². The number of hydrogen-bond donors (Lipinski definition) is 2. The molecule has 120 valence electrons.